The van der Waals surface area contributed by atoms with Gasteiger partial charge in [0.25, 0.3) is 0 Å². The summed E-state index contributed by atoms with van der Waals surface area (Å²) in [7, 11) is 1.56. The van der Waals surface area contributed by atoms with Crippen LogP contribution < -0.4 is 10.2 Å². The molecule has 37 heavy (non-hydrogen) atoms. The number of fused-ring (bicyclic) bond motifs is 1. The number of methoxy groups -OCH3 is 1. The Balaban J connectivity index is 1.71. The smallest absolute Gasteiger partial charge is 0.223 e. The van der Waals surface area contributed by atoms with Crippen molar-refractivity contribution in [2.45, 2.75) is 12.3 Å². The molecule has 5 rings (SSSR count). The summed E-state index contributed by atoms with van der Waals surface area (Å²) in [4.78, 5) is 28.3. The molecule has 8 nitrogen and oxygen atoms in total. The Labute approximate surface area is 213 Å². The lowest BCUT2D eigenvalue weighted by Gasteiger charge is -2.29. The van der Waals surface area contributed by atoms with Gasteiger partial charge in [0.05, 0.1) is 20.3 Å². The van der Waals surface area contributed by atoms with Gasteiger partial charge in [-0.2, -0.15) is 0 Å². The van der Waals surface area contributed by atoms with E-state index in [9.17, 15) is 19.8 Å². The molecule has 2 heterocycles. The molecule has 0 radical (unpaired) electrons. The number of hydrogen-bond donors (Lipinski definition) is 2. The first-order valence-corrected chi connectivity index (χ1v) is 12.0. The Hall–Kier alpha value is -4.30. The minimum atomic E-state index is -0.668. The maximum atomic E-state index is 13.4. The Morgan fingerprint density at radius 2 is 1.70 bits per heavy atom. The third-order valence-electron chi connectivity index (χ3n) is 6.67. The summed E-state index contributed by atoms with van der Waals surface area (Å²) < 4.78 is 16.9. The maximum Gasteiger partial charge on any atom is 0.223 e. The number of benzene rings is 3. The molecule has 1 atom stereocenters. The second-order valence-corrected chi connectivity index (χ2v) is 8.90. The SMILES string of the molecule is COc1ccc(C(CC(=O)N2CCOCC2)c2c(O)cc(O)c3c(=O)cc(-c4ccccc4)oc23)cc1. The van der Waals surface area contributed by atoms with Crippen LogP contribution in [0.1, 0.15) is 23.5 Å². The highest BCUT2D eigenvalue weighted by Gasteiger charge is 2.30. The fourth-order valence-corrected chi connectivity index (χ4v) is 4.74. The second-order valence-electron chi connectivity index (χ2n) is 8.90. The molecular formula is C29H27NO7. The number of carbonyl (C=O) groups excluding carboxylic acids is 1. The first-order valence-electron chi connectivity index (χ1n) is 12.0. The number of amides is 1. The first kappa shape index (κ1) is 24.4. The van der Waals surface area contributed by atoms with Crippen LogP contribution >= 0.6 is 0 Å². The van der Waals surface area contributed by atoms with Crippen molar-refractivity contribution < 1.29 is 28.9 Å². The summed E-state index contributed by atoms with van der Waals surface area (Å²) in [6, 6.07) is 18.7. The molecule has 1 fully saturated rings. The molecule has 0 saturated carbocycles. The number of aromatic hydroxyl groups is 2. The molecule has 3 aromatic carbocycles. The molecule has 1 amide bonds. The Morgan fingerprint density at radius 3 is 2.38 bits per heavy atom. The van der Waals surface area contributed by atoms with Crippen molar-refractivity contribution in [1.29, 1.82) is 0 Å². The lowest BCUT2D eigenvalue weighted by Crippen LogP contribution is -2.41. The summed E-state index contributed by atoms with van der Waals surface area (Å²) in [5.74, 6) is -0.520. The lowest BCUT2D eigenvalue weighted by atomic mass is 9.86. The van der Waals surface area contributed by atoms with Crippen molar-refractivity contribution >= 4 is 16.9 Å². The number of phenolic OH excluding ortho intramolecular Hbond substituents is 2. The van der Waals surface area contributed by atoms with Gasteiger partial charge in [0.2, 0.25) is 5.91 Å². The van der Waals surface area contributed by atoms with E-state index in [0.717, 1.165) is 11.6 Å². The largest absolute Gasteiger partial charge is 0.507 e. The van der Waals surface area contributed by atoms with Gasteiger partial charge in [-0.15, -0.1) is 0 Å². The third kappa shape index (κ3) is 4.88. The first-order chi connectivity index (χ1) is 18.0. The zero-order valence-corrected chi connectivity index (χ0v) is 20.3. The number of rotatable bonds is 6. The number of carbonyl (C=O) groups is 1. The molecular weight excluding hydrogens is 474 g/mol. The third-order valence-corrected chi connectivity index (χ3v) is 6.67. The van der Waals surface area contributed by atoms with Crippen LogP contribution in [0.3, 0.4) is 0 Å². The summed E-state index contributed by atoms with van der Waals surface area (Å²) in [6.07, 6.45) is 0.0129. The average molecular weight is 502 g/mol. The molecule has 1 aliphatic heterocycles. The van der Waals surface area contributed by atoms with Gasteiger partial charge < -0.3 is 29.0 Å². The number of hydrogen-bond acceptors (Lipinski definition) is 7. The number of ether oxygens (including phenoxy) is 2. The molecule has 1 saturated heterocycles. The molecule has 0 bridgehead atoms. The minimum Gasteiger partial charge on any atom is -0.507 e. The summed E-state index contributed by atoms with van der Waals surface area (Å²) in [6.45, 7) is 1.87. The number of nitrogens with zero attached hydrogens (tertiary/aromatic N) is 1. The highest BCUT2D eigenvalue weighted by molar-refractivity contribution is 5.91. The molecule has 4 aromatic rings. The van der Waals surface area contributed by atoms with Crippen molar-refractivity contribution in [1.82, 2.24) is 4.90 Å². The van der Waals surface area contributed by atoms with Gasteiger partial charge in [0, 0.05) is 48.7 Å². The maximum absolute atomic E-state index is 13.4. The van der Waals surface area contributed by atoms with Crippen LogP contribution in [0.2, 0.25) is 0 Å². The fourth-order valence-electron chi connectivity index (χ4n) is 4.74. The predicted octanol–water partition coefficient (Wildman–Crippen LogP) is 4.26. The number of morpholine rings is 1. The van der Waals surface area contributed by atoms with Gasteiger partial charge in [-0.25, -0.2) is 0 Å². The van der Waals surface area contributed by atoms with Gasteiger partial charge in [0.1, 0.15) is 34.0 Å². The van der Waals surface area contributed by atoms with Crippen LogP contribution in [0, 0.1) is 0 Å². The van der Waals surface area contributed by atoms with Crippen molar-refractivity contribution in [2.75, 3.05) is 33.4 Å². The van der Waals surface area contributed by atoms with E-state index >= 15 is 0 Å². The minimum absolute atomic E-state index is 0.0129. The quantitative estimate of drug-likeness (QED) is 0.406. The molecule has 8 heteroatoms. The highest BCUT2D eigenvalue weighted by atomic mass is 16.5. The normalized spacial score (nSPS) is 14.5. The van der Waals surface area contributed by atoms with Crippen molar-refractivity contribution in [3.63, 3.8) is 0 Å². The van der Waals surface area contributed by atoms with Gasteiger partial charge in [-0.3, -0.25) is 9.59 Å². The standard InChI is InChI=1S/C29H27NO7/c1-35-20-9-7-18(8-10-20)21(15-26(34)30-11-13-36-14-12-30)27-22(31)16-23(32)28-24(33)17-25(37-29(27)28)19-5-3-2-4-6-19/h2-10,16-17,21,31-32H,11-15H2,1H3. The van der Waals surface area contributed by atoms with Crippen molar-refractivity contribution in [3.05, 3.63) is 88.1 Å². The van der Waals surface area contributed by atoms with E-state index in [2.05, 4.69) is 0 Å². The fraction of sp³-hybridized carbons (Fsp3) is 0.241. The van der Waals surface area contributed by atoms with Gasteiger partial charge in [-0.1, -0.05) is 42.5 Å². The van der Waals surface area contributed by atoms with E-state index in [1.165, 1.54) is 6.07 Å². The Kier molecular flexibility index (Phi) is 6.83. The molecule has 1 unspecified atom stereocenters. The highest BCUT2D eigenvalue weighted by Crippen LogP contribution is 2.43. The van der Waals surface area contributed by atoms with Gasteiger partial charge in [-0.05, 0) is 17.7 Å². The lowest BCUT2D eigenvalue weighted by molar-refractivity contribution is -0.135. The molecule has 2 N–H and O–H groups in total. The predicted molar refractivity (Wildman–Crippen MR) is 138 cm³/mol. The summed E-state index contributed by atoms with van der Waals surface area (Å²) >= 11 is 0. The van der Waals surface area contributed by atoms with Crippen LogP contribution in [0.25, 0.3) is 22.3 Å². The molecule has 0 aliphatic carbocycles. The Morgan fingerprint density at radius 1 is 1.00 bits per heavy atom. The van der Waals surface area contributed by atoms with E-state index in [1.807, 2.05) is 30.3 Å². The van der Waals surface area contributed by atoms with Gasteiger partial charge in [0.15, 0.2) is 5.43 Å². The monoisotopic (exact) mass is 501 g/mol. The molecule has 190 valence electrons. The van der Waals surface area contributed by atoms with Crippen LogP contribution in [-0.2, 0) is 9.53 Å². The second kappa shape index (κ2) is 10.4. The van der Waals surface area contributed by atoms with Crippen LogP contribution in [0.5, 0.6) is 17.2 Å². The van der Waals surface area contributed by atoms with Crippen LogP contribution in [0.15, 0.2) is 75.9 Å². The molecule has 1 aromatic heterocycles. The van der Waals surface area contributed by atoms with E-state index in [1.54, 1.807) is 36.3 Å². The van der Waals surface area contributed by atoms with E-state index in [0.29, 0.717) is 37.6 Å². The Bertz CT molecular complexity index is 1470. The van der Waals surface area contributed by atoms with Crippen LogP contribution in [0.4, 0.5) is 0 Å². The average Bonchev–Trinajstić information content (AvgIpc) is 2.93. The van der Waals surface area contributed by atoms with Crippen molar-refractivity contribution in [2.24, 2.45) is 0 Å². The van der Waals surface area contributed by atoms with E-state index in [-0.39, 0.29) is 40.4 Å². The molecule has 1 aliphatic rings. The van der Waals surface area contributed by atoms with E-state index < -0.39 is 17.1 Å². The van der Waals surface area contributed by atoms with Crippen molar-refractivity contribution in [3.8, 4) is 28.6 Å². The van der Waals surface area contributed by atoms with E-state index in [4.69, 9.17) is 13.9 Å². The summed E-state index contributed by atoms with van der Waals surface area (Å²) in [5, 5.41) is 21.7. The molecule has 0 spiro atoms. The zero-order valence-electron chi connectivity index (χ0n) is 20.3. The topological polar surface area (TPSA) is 109 Å². The van der Waals surface area contributed by atoms with Crippen LogP contribution in [-0.4, -0.2) is 54.4 Å². The number of phenols is 2. The zero-order chi connectivity index (χ0) is 25.9. The van der Waals surface area contributed by atoms with Gasteiger partial charge >= 0.3 is 0 Å². The summed E-state index contributed by atoms with van der Waals surface area (Å²) in [5.41, 5.74) is 1.24.